The normalized spacial score (nSPS) is 13.3. The molecular formula is C22H38Br2O2Si2. The molecule has 0 aromatic heterocycles. The Balaban J connectivity index is 3.58. The zero-order chi connectivity index (χ0) is 22.1. The maximum atomic E-state index is 6.73. The van der Waals surface area contributed by atoms with Gasteiger partial charge in [-0.1, -0.05) is 48.5 Å². The van der Waals surface area contributed by atoms with E-state index in [0.717, 1.165) is 26.9 Å². The fraction of sp³-hybridized carbons (Fsp3) is 0.636. The van der Waals surface area contributed by atoms with Crippen LogP contribution in [0, 0.1) is 0 Å². The highest BCUT2D eigenvalue weighted by Crippen LogP contribution is 2.43. The number of aryl methyl sites for hydroxylation is 1. The molecule has 0 aliphatic rings. The number of benzene rings is 1. The number of halogens is 2. The summed E-state index contributed by atoms with van der Waals surface area (Å²) in [5, 5.41) is 0.277. The molecule has 0 radical (unpaired) electrons. The van der Waals surface area contributed by atoms with E-state index in [2.05, 4.69) is 125 Å². The van der Waals surface area contributed by atoms with Crippen LogP contribution < -0.4 is 8.85 Å². The summed E-state index contributed by atoms with van der Waals surface area (Å²) < 4.78 is 14.3. The Morgan fingerprint density at radius 2 is 1.29 bits per heavy atom. The van der Waals surface area contributed by atoms with Crippen LogP contribution in [0.4, 0.5) is 0 Å². The van der Waals surface area contributed by atoms with E-state index in [1.807, 2.05) is 0 Å². The lowest BCUT2D eigenvalue weighted by atomic mass is 10.1. The molecule has 0 fully saturated rings. The first kappa shape index (κ1) is 26.0. The van der Waals surface area contributed by atoms with Gasteiger partial charge in [0, 0.05) is 11.6 Å². The van der Waals surface area contributed by atoms with Gasteiger partial charge < -0.3 is 8.85 Å². The molecule has 0 N–H and O–H groups in total. The number of hydrogen-bond donors (Lipinski definition) is 0. The van der Waals surface area contributed by atoms with Crippen molar-refractivity contribution in [3.8, 4) is 11.5 Å². The second kappa shape index (κ2) is 8.98. The van der Waals surface area contributed by atoms with Crippen LogP contribution in [0.25, 0.3) is 6.08 Å². The fourth-order valence-corrected chi connectivity index (χ4v) is 4.74. The third-order valence-electron chi connectivity index (χ3n) is 6.18. The Bertz CT molecular complexity index is 723. The zero-order valence-corrected chi connectivity index (χ0v) is 24.7. The maximum absolute atomic E-state index is 6.73. The lowest BCUT2D eigenvalue weighted by Gasteiger charge is -2.39. The standard InChI is InChI=1S/C22H38Br2O2Si2/c1-12-16-13-17(14-20(23)24)19(26-28(10,11)22(5,6)7)15-18(16)25-27(8,9)21(2,3)4/h13-15H,12H2,1-11H3. The molecule has 28 heavy (non-hydrogen) atoms. The predicted octanol–water partition coefficient (Wildman–Crippen LogP) is 9.11. The molecule has 0 amide bonds. The predicted molar refractivity (Wildman–Crippen MR) is 137 cm³/mol. The van der Waals surface area contributed by atoms with Gasteiger partial charge in [0.05, 0.1) is 3.39 Å². The van der Waals surface area contributed by atoms with Crippen molar-refractivity contribution in [1.29, 1.82) is 0 Å². The van der Waals surface area contributed by atoms with E-state index in [0.29, 0.717) is 0 Å². The van der Waals surface area contributed by atoms with Gasteiger partial charge in [-0.3, -0.25) is 0 Å². The molecule has 0 atom stereocenters. The molecule has 0 unspecified atom stereocenters. The highest BCUT2D eigenvalue weighted by Gasteiger charge is 2.41. The Labute approximate surface area is 192 Å². The van der Waals surface area contributed by atoms with Gasteiger partial charge in [-0.25, -0.2) is 0 Å². The van der Waals surface area contributed by atoms with Crippen molar-refractivity contribution in [3.63, 3.8) is 0 Å². The summed E-state index contributed by atoms with van der Waals surface area (Å²) in [7, 11) is -3.92. The molecule has 6 heteroatoms. The molecule has 0 spiro atoms. The quantitative estimate of drug-likeness (QED) is 0.329. The molecule has 1 rings (SSSR count). The fourth-order valence-electron chi connectivity index (χ4n) is 2.17. The zero-order valence-electron chi connectivity index (χ0n) is 19.5. The van der Waals surface area contributed by atoms with Crippen molar-refractivity contribution in [2.45, 2.75) is 91.2 Å². The van der Waals surface area contributed by atoms with Crippen molar-refractivity contribution >= 4 is 54.6 Å². The largest absolute Gasteiger partial charge is 0.543 e. The lowest BCUT2D eigenvalue weighted by molar-refractivity contribution is 0.471. The van der Waals surface area contributed by atoms with Crippen LogP contribution in [-0.2, 0) is 6.42 Å². The second-order valence-corrected chi connectivity index (χ2v) is 22.7. The summed E-state index contributed by atoms with van der Waals surface area (Å²) in [4.78, 5) is 0. The Hall–Kier alpha value is -0.0462. The summed E-state index contributed by atoms with van der Waals surface area (Å²) >= 11 is 7.03. The molecule has 0 heterocycles. The summed E-state index contributed by atoms with van der Waals surface area (Å²) in [6.45, 7) is 25.0. The minimum atomic E-state index is -1.98. The topological polar surface area (TPSA) is 18.5 Å². The first-order chi connectivity index (χ1) is 12.4. The summed E-state index contributed by atoms with van der Waals surface area (Å²) in [5.41, 5.74) is 2.30. The Morgan fingerprint density at radius 3 is 1.64 bits per heavy atom. The van der Waals surface area contributed by atoms with Crippen LogP contribution in [0.15, 0.2) is 15.5 Å². The van der Waals surface area contributed by atoms with E-state index in [1.54, 1.807) is 0 Å². The monoisotopic (exact) mass is 548 g/mol. The van der Waals surface area contributed by atoms with E-state index in [1.165, 1.54) is 5.56 Å². The summed E-state index contributed by atoms with van der Waals surface area (Å²) in [5.74, 6) is 1.89. The van der Waals surface area contributed by atoms with Crippen LogP contribution in [0.1, 0.15) is 59.6 Å². The third-order valence-corrected chi connectivity index (χ3v) is 15.3. The van der Waals surface area contributed by atoms with Crippen LogP contribution in [-0.4, -0.2) is 16.6 Å². The molecule has 0 bridgehead atoms. The number of hydrogen-bond acceptors (Lipinski definition) is 2. The van der Waals surface area contributed by atoms with Crippen molar-refractivity contribution in [3.05, 3.63) is 26.7 Å². The van der Waals surface area contributed by atoms with Crippen molar-refractivity contribution < 1.29 is 8.85 Å². The van der Waals surface area contributed by atoms with Crippen LogP contribution in [0.5, 0.6) is 11.5 Å². The van der Waals surface area contributed by atoms with Gasteiger partial charge in [0.15, 0.2) is 0 Å². The van der Waals surface area contributed by atoms with Gasteiger partial charge in [-0.05, 0) is 92.3 Å². The van der Waals surface area contributed by atoms with Crippen LogP contribution in [0.3, 0.4) is 0 Å². The minimum absolute atomic E-state index is 0.128. The third kappa shape index (κ3) is 6.48. The average Bonchev–Trinajstić information content (AvgIpc) is 2.46. The maximum Gasteiger partial charge on any atom is 0.250 e. The highest BCUT2D eigenvalue weighted by molar-refractivity contribution is 9.28. The molecule has 2 nitrogen and oxygen atoms in total. The van der Waals surface area contributed by atoms with E-state index in [4.69, 9.17) is 8.85 Å². The first-order valence-electron chi connectivity index (χ1n) is 9.99. The van der Waals surface area contributed by atoms with Gasteiger partial charge in [0.1, 0.15) is 11.5 Å². The molecule has 160 valence electrons. The van der Waals surface area contributed by atoms with Crippen LogP contribution >= 0.6 is 31.9 Å². The first-order valence-corrected chi connectivity index (χ1v) is 17.4. The van der Waals surface area contributed by atoms with Crippen molar-refractivity contribution in [1.82, 2.24) is 0 Å². The van der Waals surface area contributed by atoms with Gasteiger partial charge in [-0.15, -0.1) is 0 Å². The lowest BCUT2D eigenvalue weighted by Crippen LogP contribution is -2.44. The number of rotatable bonds is 6. The highest BCUT2D eigenvalue weighted by atomic mass is 79.9. The van der Waals surface area contributed by atoms with E-state index in [-0.39, 0.29) is 10.1 Å². The van der Waals surface area contributed by atoms with Crippen molar-refractivity contribution in [2.75, 3.05) is 0 Å². The van der Waals surface area contributed by atoms with Crippen molar-refractivity contribution in [2.24, 2.45) is 0 Å². The SMILES string of the molecule is CCc1cc(C=C(Br)Br)c(O[Si](C)(C)C(C)(C)C)cc1O[Si](C)(C)C(C)(C)C. The Morgan fingerprint density at radius 1 is 0.857 bits per heavy atom. The molecule has 1 aromatic rings. The van der Waals surface area contributed by atoms with E-state index >= 15 is 0 Å². The smallest absolute Gasteiger partial charge is 0.250 e. The second-order valence-electron chi connectivity index (χ2n) is 10.5. The Kier molecular flexibility index (Phi) is 8.34. The average molecular weight is 551 g/mol. The molecule has 0 saturated carbocycles. The van der Waals surface area contributed by atoms with Gasteiger partial charge in [0.25, 0.3) is 8.32 Å². The summed E-state index contributed by atoms with van der Waals surface area (Å²) in [6, 6.07) is 4.35. The molecule has 0 aliphatic carbocycles. The minimum Gasteiger partial charge on any atom is -0.543 e. The van der Waals surface area contributed by atoms with E-state index in [9.17, 15) is 0 Å². The van der Waals surface area contributed by atoms with Gasteiger partial charge in [-0.2, -0.15) is 0 Å². The summed E-state index contributed by atoms with van der Waals surface area (Å²) in [6.07, 6.45) is 2.99. The van der Waals surface area contributed by atoms with E-state index < -0.39 is 16.6 Å². The molecule has 0 aliphatic heterocycles. The molecule has 1 aromatic carbocycles. The molecule has 0 saturated heterocycles. The van der Waals surface area contributed by atoms with Gasteiger partial charge in [0.2, 0.25) is 8.32 Å². The van der Waals surface area contributed by atoms with Gasteiger partial charge >= 0.3 is 0 Å². The van der Waals surface area contributed by atoms with Crippen LogP contribution in [0.2, 0.25) is 36.3 Å². The molecular weight excluding hydrogens is 512 g/mol.